The first-order valence-corrected chi connectivity index (χ1v) is 6.36. The second kappa shape index (κ2) is 6.41. The molecule has 2 N–H and O–H groups in total. The molecule has 0 saturated carbocycles. The molecule has 2 aromatic rings. The molecular formula is C15H16FNO4. The zero-order chi connectivity index (χ0) is 15.4. The number of amides is 1. The minimum atomic E-state index is -0.792. The molecule has 6 heteroatoms. The van der Waals surface area contributed by atoms with Crippen molar-refractivity contribution in [3.8, 4) is 5.75 Å². The van der Waals surface area contributed by atoms with Crippen molar-refractivity contribution in [1.82, 2.24) is 5.32 Å². The number of phenolic OH excluding ortho intramolecular Hbond substituents is 1. The smallest absolute Gasteiger partial charge is 0.254 e. The van der Waals surface area contributed by atoms with E-state index in [-0.39, 0.29) is 17.9 Å². The van der Waals surface area contributed by atoms with E-state index in [1.54, 1.807) is 19.1 Å². The summed E-state index contributed by atoms with van der Waals surface area (Å²) in [5.74, 6) is -0.403. The van der Waals surface area contributed by atoms with Gasteiger partial charge in [0.1, 0.15) is 29.1 Å². The fourth-order valence-electron chi connectivity index (χ4n) is 1.93. The average molecular weight is 293 g/mol. The van der Waals surface area contributed by atoms with Crippen LogP contribution in [0.15, 0.2) is 34.7 Å². The summed E-state index contributed by atoms with van der Waals surface area (Å²) in [4.78, 5) is 12.1. The fourth-order valence-corrected chi connectivity index (χ4v) is 1.93. The molecule has 2 rings (SSSR count). The molecule has 0 unspecified atom stereocenters. The Hall–Kier alpha value is -2.34. The van der Waals surface area contributed by atoms with Gasteiger partial charge in [0, 0.05) is 13.2 Å². The van der Waals surface area contributed by atoms with Crippen LogP contribution in [0.4, 0.5) is 4.39 Å². The molecule has 0 aliphatic carbocycles. The van der Waals surface area contributed by atoms with Crippen LogP contribution >= 0.6 is 0 Å². The third-order valence-corrected chi connectivity index (χ3v) is 2.94. The number of furan rings is 1. The van der Waals surface area contributed by atoms with Crippen LogP contribution in [0.3, 0.4) is 0 Å². The number of benzene rings is 1. The molecule has 0 bridgehead atoms. The molecule has 5 nitrogen and oxygen atoms in total. The SMILES string of the molecule is COC[C@@H](NC(=O)c1ccc(O)cc1F)c1ccc(C)o1. The van der Waals surface area contributed by atoms with Crippen LogP contribution in [0.1, 0.15) is 27.9 Å². The van der Waals surface area contributed by atoms with Crippen LogP contribution in [0, 0.1) is 12.7 Å². The van der Waals surface area contributed by atoms with Crippen molar-refractivity contribution in [2.45, 2.75) is 13.0 Å². The van der Waals surface area contributed by atoms with Crippen LogP contribution in [-0.2, 0) is 4.74 Å². The first-order valence-electron chi connectivity index (χ1n) is 6.36. The van der Waals surface area contributed by atoms with Crippen molar-refractivity contribution >= 4 is 5.91 Å². The minimum Gasteiger partial charge on any atom is -0.508 e. The molecule has 0 aliphatic heterocycles. The number of methoxy groups -OCH3 is 1. The second-order valence-electron chi connectivity index (χ2n) is 4.59. The predicted molar refractivity (Wildman–Crippen MR) is 73.6 cm³/mol. The lowest BCUT2D eigenvalue weighted by atomic mass is 10.1. The van der Waals surface area contributed by atoms with Crippen molar-refractivity contribution < 1.29 is 23.4 Å². The summed E-state index contributed by atoms with van der Waals surface area (Å²) in [7, 11) is 1.50. The van der Waals surface area contributed by atoms with E-state index in [1.165, 1.54) is 19.2 Å². The Bertz CT molecular complexity index is 638. The van der Waals surface area contributed by atoms with Crippen molar-refractivity contribution in [2.24, 2.45) is 0 Å². The summed E-state index contributed by atoms with van der Waals surface area (Å²) < 4.78 is 24.2. The molecule has 1 aromatic carbocycles. The molecule has 0 saturated heterocycles. The number of hydrogen-bond donors (Lipinski definition) is 2. The normalized spacial score (nSPS) is 12.1. The third kappa shape index (κ3) is 3.61. The molecule has 21 heavy (non-hydrogen) atoms. The van der Waals surface area contributed by atoms with Gasteiger partial charge in [-0.1, -0.05) is 0 Å². The number of nitrogens with one attached hydrogen (secondary N) is 1. The van der Waals surface area contributed by atoms with Gasteiger partial charge in [-0.05, 0) is 31.2 Å². The van der Waals surface area contributed by atoms with Gasteiger partial charge in [-0.3, -0.25) is 4.79 Å². The lowest BCUT2D eigenvalue weighted by molar-refractivity contribution is 0.0878. The van der Waals surface area contributed by atoms with Gasteiger partial charge >= 0.3 is 0 Å². The van der Waals surface area contributed by atoms with Gasteiger partial charge in [0.15, 0.2) is 0 Å². The maximum absolute atomic E-state index is 13.7. The van der Waals surface area contributed by atoms with E-state index in [2.05, 4.69) is 5.32 Å². The van der Waals surface area contributed by atoms with E-state index < -0.39 is 17.8 Å². The maximum atomic E-state index is 13.7. The molecule has 1 atom stereocenters. The summed E-state index contributed by atoms with van der Waals surface area (Å²) in [5.41, 5.74) is -0.155. The fraction of sp³-hybridized carbons (Fsp3) is 0.267. The van der Waals surface area contributed by atoms with E-state index in [1.807, 2.05) is 0 Å². The maximum Gasteiger partial charge on any atom is 0.254 e. The highest BCUT2D eigenvalue weighted by molar-refractivity contribution is 5.94. The highest BCUT2D eigenvalue weighted by Crippen LogP contribution is 2.19. The van der Waals surface area contributed by atoms with Gasteiger partial charge < -0.3 is 19.6 Å². The topological polar surface area (TPSA) is 71.7 Å². The van der Waals surface area contributed by atoms with Crippen molar-refractivity contribution in [3.05, 3.63) is 53.2 Å². The quantitative estimate of drug-likeness (QED) is 0.888. The number of carbonyl (C=O) groups is 1. The Balaban J connectivity index is 2.18. The number of hydrogen-bond acceptors (Lipinski definition) is 4. The Kier molecular flexibility index (Phi) is 4.59. The number of carbonyl (C=O) groups excluding carboxylic acids is 1. The van der Waals surface area contributed by atoms with Gasteiger partial charge in [-0.15, -0.1) is 0 Å². The van der Waals surface area contributed by atoms with E-state index in [9.17, 15) is 9.18 Å². The van der Waals surface area contributed by atoms with Crippen LogP contribution in [0.25, 0.3) is 0 Å². The molecule has 1 aromatic heterocycles. The second-order valence-corrected chi connectivity index (χ2v) is 4.59. The average Bonchev–Trinajstić information content (AvgIpc) is 2.84. The number of ether oxygens (including phenoxy) is 1. The van der Waals surface area contributed by atoms with Crippen molar-refractivity contribution in [1.29, 1.82) is 0 Å². The number of aromatic hydroxyl groups is 1. The first-order chi connectivity index (χ1) is 10.0. The van der Waals surface area contributed by atoms with Crippen LogP contribution in [0.2, 0.25) is 0 Å². The largest absolute Gasteiger partial charge is 0.508 e. The van der Waals surface area contributed by atoms with Crippen LogP contribution in [-0.4, -0.2) is 24.7 Å². The monoisotopic (exact) mass is 293 g/mol. The predicted octanol–water partition coefficient (Wildman–Crippen LogP) is 2.55. The lowest BCUT2D eigenvalue weighted by Crippen LogP contribution is -2.31. The van der Waals surface area contributed by atoms with E-state index in [4.69, 9.17) is 14.3 Å². The Labute approximate surface area is 121 Å². The summed E-state index contributed by atoms with van der Waals surface area (Å²) in [6, 6.07) is 6.33. The Morgan fingerprint density at radius 1 is 1.43 bits per heavy atom. The minimum absolute atomic E-state index is 0.155. The molecular weight excluding hydrogens is 277 g/mol. The Morgan fingerprint density at radius 2 is 2.19 bits per heavy atom. The molecule has 1 amide bonds. The van der Waals surface area contributed by atoms with E-state index in [0.717, 1.165) is 6.07 Å². The molecule has 0 fully saturated rings. The van der Waals surface area contributed by atoms with Crippen molar-refractivity contribution in [2.75, 3.05) is 13.7 Å². The number of rotatable bonds is 5. The van der Waals surface area contributed by atoms with Crippen LogP contribution < -0.4 is 5.32 Å². The van der Waals surface area contributed by atoms with Gasteiger partial charge in [0.2, 0.25) is 0 Å². The van der Waals surface area contributed by atoms with Gasteiger partial charge in [-0.25, -0.2) is 4.39 Å². The molecule has 112 valence electrons. The zero-order valence-electron chi connectivity index (χ0n) is 11.7. The van der Waals surface area contributed by atoms with E-state index >= 15 is 0 Å². The standard InChI is InChI=1S/C15H16FNO4/c1-9-3-6-14(21-9)13(8-20-2)17-15(19)11-5-4-10(18)7-12(11)16/h3-7,13,18H,8H2,1-2H3,(H,17,19)/t13-/m1/s1. The highest BCUT2D eigenvalue weighted by atomic mass is 19.1. The number of halogens is 1. The number of phenols is 1. The number of aryl methyl sites for hydroxylation is 1. The van der Waals surface area contributed by atoms with Gasteiger partial charge in [0.05, 0.1) is 12.2 Å². The molecule has 0 aliphatic rings. The van der Waals surface area contributed by atoms with E-state index in [0.29, 0.717) is 11.5 Å². The van der Waals surface area contributed by atoms with Crippen molar-refractivity contribution in [3.63, 3.8) is 0 Å². The summed E-state index contributed by atoms with van der Waals surface area (Å²) >= 11 is 0. The van der Waals surface area contributed by atoms with Crippen LogP contribution in [0.5, 0.6) is 5.75 Å². The molecule has 0 spiro atoms. The third-order valence-electron chi connectivity index (χ3n) is 2.94. The zero-order valence-corrected chi connectivity index (χ0v) is 11.7. The summed E-state index contributed by atoms with van der Waals surface area (Å²) in [6.45, 7) is 1.98. The first kappa shape index (κ1) is 15.1. The molecule has 0 radical (unpaired) electrons. The Morgan fingerprint density at radius 3 is 2.76 bits per heavy atom. The summed E-state index contributed by atoms with van der Waals surface area (Å²) in [5, 5.41) is 11.8. The van der Waals surface area contributed by atoms with Gasteiger partial charge in [-0.2, -0.15) is 0 Å². The summed E-state index contributed by atoms with van der Waals surface area (Å²) in [6.07, 6.45) is 0. The molecule has 1 heterocycles. The van der Waals surface area contributed by atoms with Gasteiger partial charge in [0.25, 0.3) is 5.91 Å². The lowest BCUT2D eigenvalue weighted by Gasteiger charge is -2.16. The highest BCUT2D eigenvalue weighted by Gasteiger charge is 2.20.